The minimum atomic E-state index is 0. The van der Waals surface area contributed by atoms with Crippen molar-refractivity contribution in [3.8, 4) is 0 Å². The van der Waals surface area contributed by atoms with Crippen LogP contribution in [-0.4, -0.2) is 61.0 Å². The highest BCUT2D eigenvalue weighted by molar-refractivity contribution is 14.0. The molecule has 1 fully saturated rings. The van der Waals surface area contributed by atoms with Crippen molar-refractivity contribution < 1.29 is 4.79 Å². The monoisotopic (exact) mass is 496 g/mol. The van der Waals surface area contributed by atoms with Crippen molar-refractivity contribution in [1.29, 1.82) is 0 Å². The Morgan fingerprint density at radius 2 is 2.16 bits per heavy atom. The molecule has 1 saturated heterocycles. The fraction of sp³-hybridized carbons (Fsp3) is 0.647. The van der Waals surface area contributed by atoms with Gasteiger partial charge in [-0.1, -0.05) is 19.9 Å². The molecule has 0 spiro atoms. The normalized spacial score (nSPS) is 18.0. The Morgan fingerprint density at radius 3 is 2.80 bits per heavy atom. The Bertz CT molecular complexity index is 537. The first kappa shape index (κ1) is 22.6. The van der Waals surface area contributed by atoms with Crippen molar-refractivity contribution in [1.82, 2.24) is 15.5 Å². The van der Waals surface area contributed by atoms with E-state index in [0.717, 1.165) is 42.6 Å². The molecule has 0 aromatic carbocycles. The molecule has 1 aliphatic rings. The van der Waals surface area contributed by atoms with E-state index < -0.39 is 0 Å². The molecule has 1 aromatic heterocycles. The van der Waals surface area contributed by atoms with E-state index in [0.29, 0.717) is 17.7 Å². The average molecular weight is 496 g/mol. The van der Waals surface area contributed by atoms with Crippen LogP contribution >= 0.6 is 47.1 Å². The van der Waals surface area contributed by atoms with Crippen LogP contribution in [0.15, 0.2) is 22.5 Å². The SMILES string of the molecule is CN=C(NCCCNC(=O)c1cccs1)N1CCSC(C(C)C)C1.I. The summed E-state index contributed by atoms with van der Waals surface area (Å²) in [5, 5.41) is 8.97. The molecule has 25 heavy (non-hydrogen) atoms. The Balaban J connectivity index is 0.00000312. The zero-order valence-corrected chi connectivity index (χ0v) is 19.1. The highest BCUT2D eigenvalue weighted by atomic mass is 127. The number of aliphatic imine (C=N–C) groups is 1. The molecule has 142 valence electrons. The van der Waals surface area contributed by atoms with Gasteiger partial charge in [0, 0.05) is 44.2 Å². The number of hydrogen-bond acceptors (Lipinski definition) is 4. The first-order valence-corrected chi connectivity index (χ1v) is 10.4. The van der Waals surface area contributed by atoms with Crippen LogP contribution in [0.3, 0.4) is 0 Å². The molecule has 0 aliphatic carbocycles. The molecule has 2 N–H and O–H groups in total. The number of carbonyl (C=O) groups is 1. The number of amides is 1. The molecule has 1 atom stereocenters. The summed E-state index contributed by atoms with van der Waals surface area (Å²) in [4.78, 5) is 19.4. The van der Waals surface area contributed by atoms with Gasteiger partial charge in [-0.3, -0.25) is 9.79 Å². The summed E-state index contributed by atoms with van der Waals surface area (Å²) in [6.45, 7) is 8.15. The maximum absolute atomic E-state index is 11.9. The van der Waals surface area contributed by atoms with Gasteiger partial charge in [-0.2, -0.15) is 11.8 Å². The van der Waals surface area contributed by atoms with Crippen molar-refractivity contribution in [2.75, 3.05) is 39.0 Å². The second-order valence-electron chi connectivity index (χ2n) is 6.16. The highest BCUT2D eigenvalue weighted by Crippen LogP contribution is 2.24. The molecule has 1 aliphatic heterocycles. The number of thioether (sulfide) groups is 1. The third-order valence-electron chi connectivity index (χ3n) is 4.02. The summed E-state index contributed by atoms with van der Waals surface area (Å²) in [6.07, 6.45) is 0.881. The first-order valence-electron chi connectivity index (χ1n) is 8.50. The lowest BCUT2D eigenvalue weighted by Gasteiger charge is -2.36. The van der Waals surface area contributed by atoms with E-state index in [4.69, 9.17) is 0 Å². The molecule has 5 nitrogen and oxygen atoms in total. The summed E-state index contributed by atoms with van der Waals surface area (Å²) in [6, 6.07) is 3.74. The third kappa shape index (κ3) is 7.34. The standard InChI is InChI=1S/C17H28N4OS2.HI/c1-13(2)15-12-21(9-11-24-15)17(18-3)20-8-5-7-19-16(22)14-6-4-10-23-14;/h4,6,10,13,15H,5,7-9,11-12H2,1-3H3,(H,18,20)(H,19,22);1H. The van der Waals surface area contributed by atoms with Gasteiger partial charge in [0.25, 0.3) is 5.91 Å². The number of halogens is 1. The van der Waals surface area contributed by atoms with Crippen LogP contribution in [0, 0.1) is 5.92 Å². The van der Waals surface area contributed by atoms with E-state index >= 15 is 0 Å². The zero-order chi connectivity index (χ0) is 17.4. The second kappa shape index (κ2) is 12.0. The quantitative estimate of drug-likeness (QED) is 0.275. The van der Waals surface area contributed by atoms with Crippen molar-refractivity contribution in [2.24, 2.45) is 10.9 Å². The average Bonchev–Trinajstić information content (AvgIpc) is 3.12. The van der Waals surface area contributed by atoms with Crippen molar-refractivity contribution in [3.05, 3.63) is 22.4 Å². The Morgan fingerprint density at radius 1 is 1.40 bits per heavy atom. The van der Waals surface area contributed by atoms with E-state index in [-0.39, 0.29) is 29.9 Å². The lowest BCUT2D eigenvalue weighted by Crippen LogP contribution is -2.49. The Hall–Kier alpha value is -0.480. The molecular weight excluding hydrogens is 467 g/mol. The summed E-state index contributed by atoms with van der Waals surface area (Å²) in [5.41, 5.74) is 0. The van der Waals surface area contributed by atoms with Crippen molar-refractivity contribution >= 4 is 58.9 Å². The lowest BCUT2D eigenvalue weighted by molar-refractivity contribution is 0.0957. The Labute approximate surface area is 176 Å². The van der Waals surface area contributed by atoms with Crippen LogP contribution in [0.1, 0.15) is 29.9 Å². The maximum atomic E-state index is 11.9. The minimum absolute atomic E-state index is 0. The number of hydrogen-bond donors (Lipinski definition) is 2. The van der Waals surface area contributed by atoms with Gasteiger partial charge < -0.3 is 15.5 Å². The smallest absolute Gasteiger partial charge is 0.261 e. The molecule has 2 heterocycles. The number of guanidine groups is 1. The maximum Gasteiger partial charge on any atom is 0.261 e. The second-order valence-corrected chi connectivity index (χ2v) is 8.45. The van der Waals surface area contributed by atoms with Gasteiger partial charge in [0.15, 0.2) is 5.96 Å². The van der Waals surface area contributed by atoms with Crippen LogP contribution in [0.5, 0.6) is 0 Å². The fourth-order valence-electron chi connectivity index (χ4n) is 2.59. The van der Waals surface area contributed by atoms with Crippen LogP contribution in [0.25, 0.3) is 0 Å². The molecule has 0 radical (unpaired) electrons. The van der Waals surface area contributed by atoms with E-state index in [1.54, 1.807) is 0 Å². The zero-order valence-electron chi connectivity index (χ0n) is 15.2. The summed E-state index contributed by atoms with van der Waals surface area (Å²) >= 11 is 3.53. The van der Waals surface area contributed by atoms with Crippen LogP contribution in [-0.2, 0) is 0 Å². The van der Waals surface area contributed by atoms with Gasteiger partial charge in [0.05, 0.1) is 4.88 Å². The molecule has 0 bridgehead atoms. The predicted octanol–water partition coefficient (Wildman–Crippen LogP) is 3.13. The highest BCUT2D eigenvalue weighted by Gasteiger charge is 2.24. The van der Waals surface area contributed by atoms with Gasteiger partial charge in [-0.15, -0.1) is 35.3 Å². The van der Waals surface area contributed by atoms with Crippen molar-refractivity contribution in [3.63, 3.8) is 0 Å². The predicted molar refractivity (Wildman–Crippen MR) is 121 cm³/mol. The van der Waals surface area contributed by atoms with Crippen molar-refractivity contribution in [2.45, 2.75) is 25.5 Å². The number of rotatable bonds is 6. The van der Waals surface area contributed by atoms with Gasteiger partial charge in [0.2, 0.25) is 0 Å². The van der Waals surface area contributed by atoms with Crippen LogP contribution in [0.4, 0.5) is 0 Å². The fourth-order valence-corrected chi connectivity index (χ4v) is 4.53. The van der Waals surface area contributed by atoms with E-state index in [9.17, 15) is 4.79 Å². The molecular formula is C17H29IN4OS2. The molecule has 1 amide bonds. The molecule has 1 unspecified atom stereocenters. The summed E-state index contributed by atoms with van der Waals surface area (Å²) < 4.78 is 0. The lowest BCUT2D eigenvalue weighted by atomic mass is 10.1. The summed E-state index contributed by atoms with van der Waals surface area (Å²) in [7, 11) is 1.84. The molecule has 1 aromatic rings. The van der Waals surface area contributed by atoms with E-state index in [1.165, 1.54) is 11.3 Å². The van der Waals surface area contributed by atoms with Crippen LogP contribution in [0.2, 0.25) is 0 Å². The Kier molecular flexibility index (Phi) is 10.8. The third-order valence-corrected chi connectivity index (χ3v) is 6.42. The largest absolute Gasteiger partial charge is 0.356 e. The number of thiophene rings is 1. The molecule has 8 heteroatoms. The molecule has 0 saturated carbocycles. The minimum Gasteiger partial charge on any atom is -0.356 e. The van der Waals surface area contributed by atoms with Crippen LogP contribution < -0.4 is 10.6 Å². The number of nitrogens with one attached hydrogen (secondary N) is 2. The van der Waals surface area contributed by atoms with Gasteiger partial charge in [0.1, 0.15) is 0 Å². The topological polar surface area (TPSA) is 56.7 Å². The summed E-state index contributed by atoms with van der Waals surface area (Å²) in [5.74, 6) is 2.83. The van der Waals surface area contributed by atoms with Gasteiger partial charge >= 0.3 is 0 Å². The first-order chi connectivity index (χ1) is 11.6. The van der Waals surface area contributed by atoms with E-state index in [2.05, 4.69) is 46.1 Å². The molecule has 2 rings (SSSR count). The van der Waals surface area contributed by atoms with E-state index in [1.807, 2.05) is 24.6 Å². The number of carbonyl (C=O) groups excluding carboxylic acids is 1. The number of nitrogens with zero attached hydrogens (tertiary/aromatic N) is 2. The van der Waals surface area contributed by atoms with Gasteiger partial charge in [-0.25, -0.2) is 0 Å². The van der Waals surface area contributed by atoms with Gasteiger partial charge in [-0.05, 0) is 23.8 Å².